The normalized spacial score (nSPS) is 13.9. The first kappa shape index (κ1) is 21.4. The molecule has 2 aromatic rings. The van der Waals surface area contributed by atoms with Crippen molar-refractivity contribution in [3.05, 3.63) is 46.8 Å². The van der Waals surface area contributed by atoms with Gasteiger partial charge in [0.05, 0.1) is 18.2 Å². The van der Waals surface area contributed by atoms with Gasteiger partial charge in [0.1, 0.15) is 5.58 Å². The number of rotatable bonds is 2. The molecule has 0 unspecified atom stereocenters. The predicted octanol–water partition coefficient (Wildman–Crippen LogP) is 3.19. The molecule has 0 bridgehead atoms. The molecule has 0 atom stereocenters. The van der Waals surface area contributed by atoms with E-state index in [-0.39, 0.29) is 36.8 Å². The molecule has 0 aliphatic carbocycles. The highest BCUT2D eigenvalue weighted by molar-refractivity contribution is 5.85. The number of nitrogens with zero attached hydrogens (tertiary/aromatic N) is 1. The second-order valence-electron chi connectivity index (χ2n) is 5.01. The van der Waals surface area contributed by atoms with Crippen molar-refractivity contribution >= 4 is 41.8 Å². The molecule has 0 saturated carbocycles. The number of piperidine rings is 1. The van der Waals surface area contributed by atoms with Gasteiger partial charge in [0.2, 0.25) is 0 Å². The molecular formula is C16H21Cl2NO4. The smallest absolute Gasteiger partial charge is 0.317 e. The molecule has 1 aliphatic rings. The minimum atomic E-state index is -0.707. The number of benzene rings is 1. The van der Waals surface area contributed by atoms with Crippen LogP contribution in [0.4, 0.5) is 0 Å². The lowest BCUT2D eigenvalue weighted by molar-refractivity contribution is -0.138. The zero-order chi connectivity index (χ0) is 15.1. The predicted molar refractivity (Wildman–Crippen MR) is 94.9 cm³/mol. The number of carboxylic acids is 1. The molecule has 5 nitrogen and oxygen atoms in total. The maximum Gasteiger partial charge on any atom is 0.317 e. The molecule has 128 valence electrons. The lowest BCUT2D eigenvalue weighted by Crippen LogP contribution is -2.34. The van der Waals surface area contributed by atoms with Crippen molar-refractivity contribution in [1.82, 2.24) is 4.90 Å². The average Bonchev–Trinajstić information content (AvgIpc) is 2.49. The van der Waals surface area contributed by atoms with E-state index in [2.05, 4.69) is 0 Å². The van der Waals surface area contributed by atoms with Crippen LogP contribution in [0.2, 0.25) is 0 Å². The Morgan fingerprint density at radius 1 is 1.09 bits per heavy atom. The summed E-state index contributed by atoms with van der Waals surface area (Å²) >= 11 is 0. The van der Waals surface area contributed by atoms with Gasteiger partial charge in [-0.25, -0.2) is 0 Å². The van der Waals surface area contributed by atoms with Crippen LogP contribution in [0, 0.1) is 0 Å². The van der Waals surface area contributed by atoms with Crippen LogP contribution in [0.25, 0.3) is 11.0 Å². The number of likely N-dealkylation sites (tertiary alicyclic amines) is 1. The topological polar surface area (TPSA) is 70.8 Å². The maximum atomic E-state index is 11.1. The molecular weight excluding hydrogens is 341 g/mol. The van der Waals surface area contributed by atoms with Crippen LogP contribution in [0.3, 0.4) is 0 Å². The van der Waals surface area contributed by atoms with Crippen molar-refractivity contribution in [2.75, 3.05) is 19.6 Å². The molecule has 0 amide bonds. The minimum Gasteiger partial charge on any atom is -0.480 e. The molecule has 0 radical (unpaired) electrons. The Morgan fingerprint density at radius 2 is 1.74 bits per heavy atom. The summed E-state index contributed by atoms with van der Waals surface area (Å²) in [6.45, 7) is 2.15. The molecule has 7 heteroatoms. The van der Waals surface area contributed by atoms with E-state index in [0.717, 1.165) is 25.9 Å². The minimum absolute atomic E-state index is 0. The summed E-state index contributed by atoms with van der Waals surface area (Å²) < 4.78 is 5.09. The number of fused-ring (bicyclic) bond motifs is 1. The molecule has 1 aromatic carbocycles. The fraction of sp³-hybridized carbons (Fsp3) is 0.375. The quantitative estimate of drug-likeness (QED) is 0.889. The van der Waals surface area contributed by atoms with Gasteiger partial charge in [-0.1, -0.05) is 18.6 Å². The summed E-state index contributed by atoms with van der Waals surface area (Å²) in [5.41, 5.74) is 0.645. The second-order valence-corrected chi connectivity index (χ2v) is 5.01. The lowest BCUT2D eigenvalue weighted by atomic mass is 10.1. The van der Waals surface area contributed by atoms with Gasteiger partial charge in [-0.05, 0) is 38.1 Å². The van der Waals surface area contributed by atoms with Crippen molar-refractivity contribution in [3.63, 3.8) is 0 Å². The molecule has 1 aromatic heterocycles. The summed E-state index contributed by atoms with van der Waals surface area (Å²) in [6, 6.07) is 8.60. The molecule has 0 spiro atoms. The highest BCUT2D eigenvalue weighted by Gasteiger charge is 2.11. The van der Waals surface area contributed by atoms with E-state index in [0.29, 0.717) is 11.0 Å². The van der Waals surface area contributed by atoms with Gasteiger partial charge in [0, 0.05) is 6.07 Å². The van der Waals surface area contributed by atoms with Gasteiger partial charge in [0.25, 0.3) is 0 Å². The summed E-state index contributed by atoms with van der Waals surface area (Å²) in [4.78, 5) is 23.3. The van der Waals surface area contributed by atoms with Crippen LogP contribution >= 0.6 is 24.8 Å². The van der Waals surface area contributed by atoms with Crippen molar-refractivity contribution < 1.29 is 14.3 Å². The number of carbonyl (C=O) groups is 1. The number of hydrogen-bond acceptors (Lipinski definition) is 4. The van der Waals surface area contributed by atoms with Gasteiger partial charge >= 0.3 is 5.97 Å². The summed E-state index contributed by atoms with van der Waals surface area (Å²) in [6.07, 6.45) is 4.99. The van der Waals surface area contributed by atoms with E-state index < -0.39 is 5.97 Å². The Balaban J connectivity index is 0.000000389. The number of carboxylic acid groups (broad SMARTS) is 1. The van der Waals surface area contributed by atoms with Gasteiger partial charge in [-0.3, -0.25) is 14.5 Å². The highest BCUT2D eigenvalue weighted by Crippen LogP contribution is 2.07. The summed E-state index contributed by atoms with van der Waals surface area (Å²) in [5, 5.41) is 9.06. The third kappa shape index (κ3) is 7.03. The molecule has 1 aliphatic heterocycles. The van der Waals surface area contributed by atoms with Crippen LogP contribution in [0.5, 0.6) is 0 Å². The first-order valence-corrected chi connectivity index (χ1v) is 7.07. The Bertz CT molecular complexity index is 648. The second kappa shape index (κ2) is 11.0. The fourth-order valence-electron chi connectivity index (χ4n) is 2.34. The monoisotopic (exact) mass is 361 g/mol. The third-order valence-electron chi connectivity index (χ3n) is 3.37. The van der Waals surface area contributed by atoms with Crippen LogP contribution in [0.1, 0.15) is 19.3 Å². The summed E-state index contributed by atoms with van der Waals surface area (Å²) in [7, 11) is 0. The van der Waals surface area contributed by atoms with E-state index in [1.165, 1.54) is 18.8 Å². The van der Waals surface area contributed by atoms with E-state index in [4.69, 9.17) is 9.52 Å². The number of para-hydroxylation sites is 1. The Hall–Kier alpha value is -1.56. The van der Waals surface area contributed by atoms with Crippen molar-refractivity contribution in [1.29, 1.82) is 0 Å². The zero-order valence-corrected chi connectivity index (χ0v) is 14.3. The lowest BCUT2D eigenvalue weighted by Gasteiger charge is -2.24. The van der Waals surface area contributed by atoms with Crippen LogP contribution in [-0.2, 0) is 4.79 Å². The molecule has 1 saturated heterocycles. The van der Waals surface area contributed by atoms with Crippen LogP contribution in [-0.4, -0.2) is 35.6 Å². The van der Waals surface area contributed by atoms with Crippen molar-refractivity contribution in [2.45, 2.75) is 19.3 Å². The summed E-state index contributed by atoms with van der Waals surface area (Å²) in [5.74, 6) is -0.707. The Morgan fingerprint density at radius 3 is 2.35 bits per heavy atom. The molecule has 2 heterocycles. The SMILES string of the molecule is Cl.Cl.O=C(O)CN1CCCCC1.O=c1ccoc2ccccc12. The molecule has 3 rings (SSSR count). The third-order valence-corrected chi connectivity index (χ3v) is 3.37. The van der Waals surface area contributed by atoms with Gasteiger partial charge < -0.3 is 9.52 Å². The maximum absolute atomic E-state index is 11.1. The van der Waals surface area contributed by atoms with E-state index >= 15 is 0 Å². The van der Waals surface area contributed by atoms with Crippen LogP contribution < -0.4 is 5.43 Å². The van der Waals surface area contributed by atoms with Crippen LogP contribution in [0.15, 0.2) is 45.8 Å². The number of aliphatic carboxylic acids is 1. The van der Waals surface area contributed by atoms with Gasteiger partial charge in [-0.15, -0.1) is 24.8 Å². The van der Waals surface area contributed by atoms with Crippen molar-refractivity contribution in [2.24, 2.45) is 0 Å². The number of halogens is 2. The average molecular weight is 362 g/mol. The Kier molecular flexibility index (Phi) is 10.3. The Labute approximate surface area is 147 Å². The largest absolute Gasteiger partial charge is 0.480 e. The van der Waals surface area contributed by atoms with E-state index in [9.17, 15) is 9.59 Å². The molecule has 23 heavy (non-hydrogen) atoms. The standard InChI is InChI=1S/C9H6O2.C7H13NO2.2ClH/c10-8-5-6-11-9-4-2-1-3-7(8)9;9-7(10)6-8-4-2-1-3-5-8;;/h1-6H;1-6H2,(H,9,10);2*1H. The molecule has 1 fully saturated rings. The van der Waals surface area contributed by atoms with E-state index in [1.54, 1.807) is 12.1 Å². The highest BCUT2D eigenvalue weighted by atomic mass is 35.5. The first-order valence-electron chi connectivity index (χ1n) is 7.07. The first-order chi connectivity index (χ1) is 10.2. The van der Waals surface area contributed by atoms with Gasteiger partial charge in [0.15, 0.2) is 5.43 Å². The van der Waals surface area contributed by atoms with Gasteiger partial charge in [-0.2, -0.15) is 0 Å². The fourth-order valence-corrected chi connectivity index (χ4v) is 2.34. The number of hydrogen-bond donors (Lipinski definition) is 1. The molecule has 1 N–H and O–H groups in total. The zero-order valence-electron chi connectivity index (χ0n) is 12.6. The van der Waals surface area contributed by atoms with E-state index in [1.807, 2.05) is 17.0 Å². The van der Waals surface area contributed by atoms with Crippen molar-refractivity contribution in [3.8, 4) is 0 Å².